The molecule has 2 N–H and O–H groups in total. The molecule has 0 aromatic heterocycles. The molecule has 0 bridgehead atoms. The molecular weight excluding hydrogens is 288 g/mol. The van der Waals surface area contributed by atoms with E-state index in [1.807, 2.05) is 31.2 Å². The van der Waals surface area contributed by atoms with Crippen molar-refractivity contribution >= 4 is 11.6 Å². The van der Waals surface area contributed by atoms with E-state index in [-0.39, 0.29) is 5.91 Å². The van der Waals surface area contributed by atoms with E-state index < -0.39 is 0 Å². The van der Waals surface area contributed by atoms with Gasteiger partial charge in [-0.3, -0.25) is 4.79 Å². The molecule has 1 aliphatic rings. The first-order valence-corrected chi connectivity index (χ1v) is 8.18. The van der Waals surface area contributed by atoms with Crippen LogP contribution in [0, 0.1) is 0 Å². The van der Waals surface area contributed by atoms with Crippen LogP contribution in [-0.2, 0) is 17.8 Å². The summed E-state index contributed by atoms with van der Waals surface area (Å²) in [6, 6.07) is 16.1. The molecule has 1 amide bonds. The van der Waals surface area contributed by atoms with E-state index in [1.165, 1.54) is 16.0 Å². The van der Waals surface area contributed by atoms with E-state index in [4.69, 9.17) is 4.74 Å². The largest absolute Gasteiger partial charge is 0.492 e. The first-order chi connectivity index (χ1) is 11.3. The van der Waals surface area contributed by atoms with Crippen molar-refractivity contribution in [1.82, 2.24) is 0 Å². The average Bonchev–Trinajstić information content (AvgIpc) is 2.57. The van der Waals surface area contributed by atoms with Crippen LogP contribution in [0.3, 0.4) is 0 Å². The minimum absolute atomic E-state index is 0.0338. The number of benzene rings is 2. The van der Waals surface area contributed by atoms with Gasteiger partial charge in [-0.15, -0.1) is 0 Å². The van der Waals surface area contributed by atoms with Gasteiger partial charge in [-0.2, -0.15) is 0 Å². The molecule has 0 saturated heterocycles. The van der Waals surface area contributed by atoms with Crippen molar-refractivity contribution < 1.29 is 14.4 Å². The maximum absolute atomic E-state index is 12.4. The molecular formula is C19H23N2O2+. The summed E-state index contributed by atoms with van der Waals surface area (Å²) >= 11 is 0. The zero-order valence-electron chi connectivity index (χ0n) is 13.5. The van der Waals surface area contributed by atoms with Gasteiger partial charge in [0.15, 0.2) is 6.54 Å². The van der Waals surface area contributed by atoms with Crippen molar-refractivity contribution in [3.05, 3.63) is 59.7 Å². The van der Waals surface area contributed by atoms with E-state index in [1.54, 1.807) is 0 Å². The third-order valence-electron chi connectivity index (χ3n) is 4.18. The smallest absolute Gasteiger partial charge is 0.279 e. The number of nitrogens with one attached hydrogen (secondary N) is 2. The van der Waals surface area contributed by atoms with E-state index in [2.05, 4.69) is 29.6 Å². The number of para-hydroxylation sites is 2. The fourth-order valence-corrected chi connectivity index (χ4v) is 3.07. The van der Waals surface area contributed by atoms with Gasteiger partial charge in [0.1, 0.15) is 12.3 Å². The number of rotatable bonds is 5. The second kappa shape index (κ2) is 7.29. The van der Waals surface area contributed by atoms with Gasteiger partial charge < -0.3 is 15.0 Å². The Morgan fingerprint density at radius 3 is 2.70 bits per heavy atom. The van der Waals surface area contributed by atoms with Crippen molar-refractivity contribution in [2.24, 2.45) is 0 Å². The van der Waals surface area contributed by atoms with Crippen molar-refractivity contribution in [2.75, 3.05) is 25.0 Å². The van der Waals surface area contributed by atoms with Crippen molar-refractivity contribution in [3.8, 4) is 5.75 Å². The highest BCUT2D eigenvalue weighted by atomic mass is 16.5. The highest BCUT2D eigenvalue weighted by Gasteiger charge is 2.21. The topological polar surface area (TPSA) is 42.8 Å². The zero-order chi connectivity index (χ0) is 16.1. The Hall–Kier alpha value is -2.33. The molecule has 1 heterocycles. The summed E-state index contributed by atoms with van der Waals surface area (Å²) in [5.41, 5.74) is 3.52. The Balaban J connectivity index is 1.60. The third-order valence-corrected chi connectivity index (χ3v) is 4.18. The lowest BCUT2D eigenvalue weighted by molar-refractivity contribution is -0.907. The van der Waals surface area contributed by atoms with Crippen LogP contribution in [0.2, 0.25) is 0 Å². The molecule has 0 aliphatic carbocycles. The standard InChI is InChI=1S/C19H22N2O2/c1-2-23-18-10-6-5-9-17(18)20-19(22)14-21-12-11-15-7-3-4-8-16(15)13-21/h3-10H,2,11-14H2,1H3,(H,20,22)/p+1. The fourth-order valence-electron chi connectivity index (χ4n) is 3.07. The normalized spacial score (nSPS) is 16.5. The average molecular weight is 311 g/mol. The first-order valence-electron chi connectivity index (χ1n) is 8.18. The van der Waals surface area contributed by atoms with Gasteiger partial charge in [0.25, 0.3) is 5.91 Å². The second-order valence-electron chi connectivity index (χ2n) is 5.85. The second-order valence-corrected chi connectivity index (χ2v) is 5.85. The van der Waals surface area contributed by atoms with E-state index in [0.717, 1.165) is 30.9 Å². The summed E-state index contributed by atoms with van der Waals surface area (Å²) in [5, 5.41) is 2.98. The predicted octanol–water partition coefficient (Wildman–Crippen LogP) is 1.66. The summed E-state index contributed by atoms with van der Waals surface area (Å²) in [6.07, 6.45) is 1.04. The number of quaternary nitrogens is 1. The summed E-state index contributed by atoms with van der Waals surface area (Å²) in [5.74, 6) is 0.758. The van der Waals surface area contributed by atoms with Crippen LogP contribution in [0.15, 0.2) is 48.5 Å². The number of anilines is 1. The maximum atomic E-state index is 12.4. The molecule has 23 heavy (non-hydrogen) atoms. The van der Waals surface area contributed by atoms with Crippen LogP contribution in [0.25, 0.3) is 0 Å². The molecule has 2 aromatic carbocycles. The Morgan fingerprint density at radius 1 is 1.13 bits per heavy atom. The van der Waals surface area contributed by atoms with Crippen LogP contribution >= 0.6 is 0 Å². The predicted molar refractivity (Wildman–Crippen MR) is 90.8 cm³/mol. The highest BCUT2D eigenvalue weighted by Crippen LogP contribution is 2.23. The number of carbonyl (C=O) groups excluding carboxylic acids is 1. The number of fused-ring (bicyclic) bond motifs is 1. The lowest BCUT2D eigenvalue weighted by Gasteiger charge is -2.25. The molecule has 1 unspecified atom stereocenters. The molecule has 0 radical (unpaired) electrons. The van der Waals surface area contributed by atoms with Crippen LogP contribution in [-0.4, -0.2) is 25.6 Å². The Bertz CT molecular complexity index is 685. The SMILES string of the molecule is CCOc1ccccc1NC(=O)C[NH+]1CCc2ccccc2C1. The summed E-state index contributed by atoms with van der Waals surface area (Å²) < 4.78 is 5.55. The van der Waals surface area contributed by atoms with Crippen molar-refractivity contribution in [1.29, 1.82) is 0 Å². The lowest BCUT2D eigenvalue weighted by atomic mass is 10.00. The molecule has 1 atom stereocenters. The van der Waals surface area contributed by atoms with Gasteiger partial charge >= 0.3 is 0 Å². The van der Waals surface area contributed by atoms with Gasteiger partial charge in [-0.1, -0.05) is 36.4 Å². The number of ether oxygens (including phenoxy) is 1. The van der Waals surface area contributed by atoms with Crippen molar-refractivity contribution in [2.45, 2.75) is 19.9 Å². The fraction of sp³-hybridized carbons (Fsp3) is 0.316. The third kappa shape index (κ3) is 3.90. The van der Waals surface area contributed by atoms with Gasteiger partial charge in [0.2, 0.25) is 0 Å². The van der Waals surface area contributed by atoms with Gasteiger partial charge in [-0.05, 0) is 24.6 Å². The molecule has 3 rings (SSSR count). The zero-order valence-corrected chi connectivity index (χ0v) is 13.5. The van der Waals surface area contributed by atoms with E-state index in [9.17, 15) is 4.79 Å². The van der Waals surface area contributed by atoms with Crippen LogP contribution in [0.5, 0.6) is 5.75 Å². The summed E-state index contributed by atoms with van der Waals surface area (Å²) in [4.78, 5) is 13.7. The number of carbonyl (C=O) groups is 1. The highest BCUT2D eigenvalue weighted by molar-refractivity contribution is 5.92. The molecule has 4 nitrogen and oxygen atoms in total. The lowest BCUT2D eigenvalue weighted by Crippen LogP contribution is -3.12. The number of hydrogen-bond donors (Lipinski definition) is 2. The number of amides is 1. The van der Waals surface area contributed by atoms with Gasteiger partial charge in [0, 0.05) is 12.0 Å². The molecule has 0 saturated carbocycles. The van der Waals surface area contributed by atoms with Gasteiger partial charge in [-0.25, -0.2) is 0 Å². The quantitative estimate of drug-likeness (QED) is 0.882. The maximum Gasteiger partial charge on any atom is 0.279 e. The van der Waals surface area contributed by atoms with Crippen LogP contribution < -0.4 is 15.0 Å². The molecule has 0 fully saturated rings. The van der Waals surface area contributed by atoms with Crippen molar-refractivity contribution in [3.63, 3.8) is 0 Å². The van der Waals surface area contributed by atoms with Crippen LogP contribution in [0.1, 0.15) is 18.1 Å². The number of hydrogen-bond acceptors (Lipinski definition) is 2. The summed E-state index contributed by atoms with van der Waals surface area (Å²) in [6.45, 7) is 4.91. The summed E-state index contributed by atoms with van der Waals surface area (Å²) in [7, 11) is 0. The molecule has 2 aromatic rings. The Labute approximate surface area is 137 Å². The Kier molecular flexibility index (Phi) is 4.93. The Morgan fingerprint density at radius 2 is 1.87 bits per heavy atom. The van der Waals surface area contributed by atoms with E-state index in [0.29, 0.717) is 13.2 Å². The molecule has 4 heteroatoms. The van der Waals surface area contributed by atoms with E-state index >= 15 is 0 Å². The monoisotopic (exact) mass is 311 g/mol. The first kappa shape index (κ1) is 15.6. The minimum Gasteiger partial charge on any atom is -0.492 e. The minimum atomic E-state index is 0.0338. The van der Waals surface area contributed by atoms with Gasteiger partial charge in [0.05, 0.1) is 18.8 Å². The molecule has 120 valence electrons. The molecule has 0 spiro atoms. The van der Waals surface area contributed by atoms with Crippen LogP contribution in [0.4, 0.5) is 5.69 Å². The molecule has 1 aliphatic heterocycles.